The van der Waals surface area contributed by atoms with Crippen LogP contribution in [0.15, 0.2) is 35.1 Å². The van der Waals surface area contributed by atoms with Gasteiger partial charge in [-0.3, -0.25) is 4.79 Å². The van der Waals surface area contributed by atoms with Crippen molar-refractivity contribution in [3.63, 3.8) is 0 Å². The van der Waals surface area contributed by atoms with Crippen LogP contribution in [0.5, 0.6) is 0 Å². The Morgan fingerprint density at radius 1 is 1.09 bits per heavy atom. The van der Waals surface area contributed by atoms with Gasteiger partial charge in [-0.25, -0.2) is 4.57 Å². The van der Waals surface area contributed by atoms with E-state index in [0.29, 0.717) is 5.78 Å². The molecule has 0 spiro atoms. The van der Waals surface area contributed by atoms with Gasteiger partial charge < -0.3 is 0 Å². The summed E-state index contributed by atoms with van der Waals surface area (Å²) in [5, 5.41) is 12.8. The Balaban J connectivity index is 1.99. The van der Waals surface area contributed by atoms with Gasteiger partial charge in [-0.15, -0.1) is 11.3 Å². The third-order valence-corrected chi connectivity index (χ3v) is 5.70. The molecule has 6 nitrogen and oxygen atoms in total. The lowest BCUT2D eigenvalue weighted by atomic mass is 9.97. The second kappa shape index (κ2) is 4.73. The van der Waals surface area contributed by atoms with E-state index in [1.54, 1.807) is 20.4 Å². The Labute approximate surface area is 135 Å². The van der Waals surface area contributed by atoms with E-state index in [4.69, 9.17) is 0 Å². The van der Waals surface area contributed by atoms with Gasteiger partial charge in [0.15, 0.2) is 0 Å². The zero-order valence-electron chi connectivity index (χ0n) is 12.3. The molecule has 0 bridgehead atoms. The molecule has 0 fully saturated rings. The lowest BCUT2D eigenvalue weighted by Gasteiger charge is -2.11. The highest BCUT2D eigenvalue weighted by Crippen LogP contribution is 2.34. The molecule has 0 amide bonds. The van der Waals surface area contributed by atoms with Gasteiger partial charge in [-0.2, -0.15) is 4.52 Å². The third kappa shape index (κ3) is 1.74. The average molecular weight is 323 g/mol. The van der Waals surface area contributed by atoms with Crippen LogP contribution in [0.25, 0.3) is 21.7 Å². The van der Waals surface area contributed by atoms with E-state index in [1.165, 1.54) is 16.9 Å². The van der Waals surface area contributed by atoms with Gasteiger partial charge in [0.2, 0.25) is 0 Å². The number of benzene rings is 1. The minimum atomic E-state index is -0.0205. The molecule has 0 saturated carbocycles. The van der Waals surface area contributed by atoms with Crippen LogP contribution in [0.1, 0.15) is 23.3 Å². The topological polar surface area (TPSA) is 65.1 Å². The first-order valence-electron chi connectivity index (χ1n) is 7.67. The van der Waals surface area contributed by atoms with Crippen molar-refractivity contribution in [3.8, 4) is 5.69 Å². The maximum atomic E-state index is 13.2. The number of tetrazole rings is 1. The number of fused-ring (bicyclic) bond motifs is 5. The molecule has 114 valence electrons. The van der Waals surface area contributed by atoms with E-state index in [9.17, 15) is 4.79 Å². The summed E-state index contributed by atoms with van der Waals surface area (Å²) >= 11 is 1.66. The van der Waals surface area contributed by atoms with Crippen LogP contribution >= 0.6 is 11.3 Å². The number of aromatic nitrogens is 5. The monoisotopic (exact) mass is 323 g/mol. The van der Waals surface area contributed by atoms with Crippen molar-refractivity contribution in [1.29, 1.82) is 0 Å². The lowest BCUT2D eigenvalue weighted by molar-refractivity contribution is 0.699. The van der Waals surface area contributed by atoms with E-state index in [-0.39, 0.29) is 5.56 Å². The second-order valence-electron chi connectivity index (χ2n) is 5.76. The highest BCUT2D eigenvalue weighted by molar-refractivity contribution is 7.18. The Kier molecular flexibility index (Phi) is 2.66. The molecule has 5 rings (SSSR count). The number of hydrogen-bond acceptors (Lipinski definition) is 5. The lowest BCUT2D eigenvalue weighted by Crippen LogP contribution is -2.22. The zero-order valence-corrected chi connectivity index (χ0v) is 13.1. The first-order valence-corrected chi connectivity index (χ1v) is 8.49. The molecule has 0 N–H and O–H groups in total. The fourth-order valence-electron chi connectivity index (χ4n) is 3.39. The normalized spacial score (nSPS) is 14.4. The number of hydrogen-bond donors (Lipinski definition) is 0. The van der Waals surface area contributed by atoms with Crippen LogP contribution in [-0.2, 0) is 12.8 Å². The SMILES string of the molecule is O=c1c2c3c(sc2n2nnnc2n1-c1ccccc1)CCCC3. The maximum absolute atomic E-state index is 13.2. The van der Waals surface area contributed by atoms with Crippen LogP contribution in [0.3, 0.4) is 0 Å². The Morgan fingerprint density at radius 3 is 2.78 bits per heavy atom. The molecule has 3 aromatic heterocycles. The van der Waals surface area contributed by atoms with Crippen molar-refractivity contribution in [2.45, 2.75) is 25.7 Å². The van der Waals surface area contributed by atoms with Gasteiger partial charge in [0.05, 0.1) is 11.1 Å². The summed E-state index contributed by atoms with van der Waals surface area (Å²) in [6.07, 6.45) is 4.33. The van der Waals surface area contributed by atoms with Crippen molar-refractivity contribution in [2.75, 3.05) is 0 Å². The van der Waals surface area contributed by atoms with Gasteiger partial charge in [-0.05, 0) is 53.8 Å². The molecule has 0 unspecified atom stereocenters. The largest absolute Gasteiger partial charge is 0.268 e. The quantitative estimate of drug-likeness (QED) is 0.539. The van der Waals surface area contributed by atoms with E-state index in [1.807, 2.05) is 30.3 Å². The van der Waals surface area contributed by atoms with Crippen LogP contribution in [-0.4, -0.2) is 24.6 Å². The third-order valence-electron chi connectivity index (χ3n) is 4.43. The summed E-state index contributed by atoms with van der Waals surface area (Å²) in [4.78, 5) is 15.4. The first-order chi connectivity index (χ1) is 11.3. The fraction of sp³-hybridized carbons (Fsp3) is 0.250. The summed E-state index contributed by atoms with van der Waals surface area (Å²) in [7, 11) is 0. The standard InChI is InChI=1S/C16H13N5OS/c22-14-13-11-8-4-5-9-12(11)23-15(13)21-16(17-18-19-21)20(14)10-6-2-1-3-7-10/h1-3,6-7H,4-5,8-9H2. The van der Waals surface area contributed by atoms with Crippen molar-refractivity contribution in [3.05, 3.63) is 51.1 Å². The number of thiophene rings is 1. The highest BCUT2D eigenvalue weighted by atomic mass is 32.1. The number of para-hydroxylation sites is 1. The van der Waals surface area contributed by atoms with Crippen molar-refractivity contribution < 1.29 is 0 Å². The fourth-order valence-corrected chi connectivity index (χ4v) is 4.71. The Bertz CT molecular complexity index is 1090. The van der Waals surface area contributed by atoms with Gasteiger partial charge in [0.25, 0.3) is 11.3 Å². The molecule has 1 aromatic carbocycles. The first kappa shape index (κ1) is 13.0. The molecule has 0 atom stereocenters. The van der Waals surface area contributed by atoms with Crippen LogP contribution in [0, 0.1) is 0 Å². The molecule has 23 heavy (non-hydrogen) atoms. The molecule has 4 aromatic rings. The zero-order chi connectivity index (χ0) is 15.4. The number of nitrogens with zero attached hydrogens (tertiary/aromatic N) is 5. The minimum Gasteiger partial charge on any atom is -0.268 e. The highest BCUT2D eigenvalue weighted by Gasteiger charge is 2.24. The molecule has 0 saturated heterocycles. The number of aryl methyl sites for hydroxylation is 2. The molecular formula is C16H13N5OS. The summed E-state index contributed by atoms with van der Waals surface area (Å²) in [6, 6.07) is 9.56. The predicted molar refractivity (Wildman–Crippen MR) is 88.4 cm³/mol. The second-order valence-corrected chi connectivity index (χ2v) is 6.84. The van der Waals surface area contributed by atoms with Crippen molar-refractivity contribution >= 4 is 27.3 Å². The van der Waals surface area contributed by atoms with E-state index in [0.717, 1.165) is 35.2 Å². The van der Waals surface area contributed by atoms with Crippen LogP contribution in [0.2, 0.25) is 0 Å². The molecule has 7 heteroatoms. The smallest absolute Gasteiger partial charge is 0.268 e. The molecule has 1 aliphatic rings. The maximum Gasteiger partial charge on any atom is 0.268 e. The van der Waals surface area contributed by atoms with Crippen molar-refractivity contribution in [1.82, 2.24) is 24.6 Å². The van der Waals surface area contributed by atoms with Crippen molar-refractivity contribution in [2.24, 2.45) is 0 Å². The molecule has 3 heterocycles. The number of rotatable bonds is 1. The molecule has 1 aliphatic carbocycles. The van der Waals surface area contributed by atoms with Gasteiger partial charge in [-0.1, -0.05) is 23.3 Å². The Hall–Kier alpha value is -2.54. The Morgan fingerprint density at radius 2 is 1.91 bits per heavy atom. The summed E-state index contributed by atoms with van der Waals surface area (Å²) in [5.74, 6) is 0.465. The molecule has 0 aliphatic heterocycles. The summed E-state index contributed by atoms with van der Waals surface area (Å²) in [6.45, 7) is 0. The summed E-state index contributed by atoms with van der Waals surface area (Å²) < 4.78 is 3.32. The minimum absolute atomic E-state index is 0.0205. The van der Waals surface area contributed by atoms with Gasteiger partial charge >= 0.3 is 0 Å². The van der Waals surface area contributed by atoms with E-state index < -0.39 is 0 Å². The van der Waals surface area contributed by atoms with E-state index in [2.05, 4.69) is 15.5 Å². The predicted octanol–water partition coefficient (Wildman–Crippen LogP) is 2.37. The van der Waals surface area contributed by atoms with E-state index >= 15 is 0 Å². The molecular weight excluding hydrogens is 310 g/mol. The summed E-state index contributed by atoms with van der Waals surface area (Å²) in [5.41, 5.74) is 1.96. The van der Waals surface area contributed by atoms with Gasteiger partial charge in [0, 0.05) is 4.88 Å². The molecule has 0 radical (unpaired) electrons. The van der Waals surface area contributed by atoms with Crippen LogP contribution in [0.4, 0.5) is 0 Å². The van der Waals surface area contributed by atoms with Gasteiger partial charge in [0.1, 0.15) is 4.83 Å². The average Bonchev–Trinajstić information content (AvgIpc) is 3.20. The van der Waals surface area contributed by atoms with Crippen LogP contribution < -0.4 is 5.56 Å².